The lowest BCUT2D eigenvalue weighted by atomic mass is 10.0. The van der Waals surface area contributed by atoms with Crippen molar-refractivity contribution in [3.05, 3.63) is 34.8 Å². The van der Waals surface area contributed by atoms with Crippen LogP contribution < -0.4 is 15.4 Å². The average Bonchev–Trinajstić information content (AvgIpc) is 2.86. The molecule has 0 fully saturated rings. The molecule has 0 spiro atoms. The molecular weight excluding hydrogens is 302 g/mol. The zero-order valence-corrected chi connectivity index (χ0v) is 13.2. The summed E-state index contributed by atoms with van der Waals surface area (Å²) in [6.45, 7) is 5.19. The third kappa shape index (κ3) is 2.43. The largest absolute Gasteiger partial charge is 0.466 e. The van der Waals surface area contributed by atoms with Gasteiger partial charge in [0.15, 0.2) is 5.13 Å². The molecule has 22 heavy (non-hydrogen) atoms. The molecule has 1 aliphatic rings. The van der Waals surface area contributed by atoms with Gasteiger partial charge in [-0.3, -0.25) is 14.9 Å². The maximum atomic E-state index is 12.5. The van der Waals surface area contributed by atoms with E-state index in [2.05, 4.69) is 15.6 Å². The number of nitrogens with one attached hydrogen (secondary N) is 2. The first kappa shape index (κ1) is 14.5. The van der Waals surface area contributed by atoms with Gasteiger partial charge in [0, 0.05) is 5.38 Å². The second-order valence-electron chi connectivity index (χ2n) is 5.34. The highest BCUT2D eigenvalue weighted by Gasteiger charge is 2.47. The second kappa shape index (κ2) is 5.10. The molecule has 1 aromatic carbocycles. The van der Waals surface area contributed by atoms with Crippen LogP contribution in [0.4, 0.5) is 10.8 Å². The van der Waals surface area contributed by atoms with Crippen LogP contribution >= 0.6 is 11.3 Å². The molecule has 6 nitrogen and oxygen atoms in total. The van der Waals surface area contributed by atoms with Crippen molar-refractivity contribution >= 4 is 34.0 Å². The van der Waals surface area contributed by atoms with Crippen LogP contribution in [0.15, 0.2) is 23.6 Å². The van der Waals surface area contributed by atoms with Crippen molar-refractivity contribution in [2.45, 2.75) is 26.4 Å². The lowest BCUT2D eigenvalue weighted by molar-refractivity contribution is -0.143. The molecule has 0 saturated carbocycles. The summed E-state index contributed by atoms with van der Waals surface area (Å²) in [4.78, 5) is 28.9. The highest BCUT2D eigenvalue weighted by atomic mass is 32.1. The van der Waals surface area contributed by atoms with E-state index in [-0.39, 0.29) is 0 Å². The molecule has 2 amide bonds. The predicted octanol–water partition coefficient (Wildman–Crippen LogP) is 2.49. The number of carbonyl (C=O) groups is 2. The summed E-state index contributed by atoms with van der Waals surface area (Å²) in [5.74, 6) is -0.583. The molecule has 1 unspecified atom stereocenters. The van der Waals surface area contributed by atoms with Gasteiger partial charge in [-0.2, -0.15) is 0 Å². The third-order valence-corrected chi connectivity index (χ3v) is 4.28. The van der Waals surface area contributed by atoms with Crippen LogP contribution in [-0.4, -0.2) is 22.4 Å². The minimum Gasteiger partial charge on any atom is -0.466 e. The van der Waals surface area contributed by atoms with Crippen molar-refractivity contribution in [2.75, 3.05) is 10.6 Å². The van der Waals surface area contributed by atoms with Crippen LogP contribution in [0.2, 0.25) is 0 Å². The Bertz CT molecular complexity index is 771. The van der Waals surface area contributed by atoms with E-state index in [0.717, 1.165) is 11.3 Å². The van der Waals surface area contributed by atoms with Gasteiger partial charge in [-0.15, -0.1) is 11.3 Å². The van der Waals surface area contributed by atoms with Crippen LogP contribution in [0.3, 0.4) is 0 Å². The first-order valence-electron chi connectivity index (χ1n) is 6.73. The number of amides is 2. The Morgan fingerprint density at radius 2 is 2.18 bits per heavy atom. The summed E-state index contributed by atoms with van der Waals surface area (Å²) >= 11 is 1.30. The van der Waals surface area contributed by atoms with Crippen molar-refractivity contribution in [2.24, 2.45) is 0 Å². The number of hydrogen-bond donors (Lipinski definition) is 2. The summed E-state index contributed by atoms with van der Waals surface area (Å²) in [6, 6.07) is 5.40. The van der Waals surface area contributed by atoms with Gasteiger partial charge in [-0.05, 0) is 38.5 Å². The van der Waals surface area contributed by atoms with Gasteiger partial charge < -0.3 is 10.1 Å². The summed E-state index contributed by atoms with van der Waals surface area (Å²) in [6.07, 6.45) is 0. The van der Waals surface area contributed by atoms with Crippen LogP contribution in [0.1, 0.15) is 18.2 Å². The van der Waals surface area contributed by atoms with Gasteiger partial charge in [0.1, 0.15) is 5.75 Å². The Kier molecular flexibility index (Phi) is 3.37. The maximum absolute atomic E-state index is 12.5. The SMILES string of the molecule is Cc1ccc2c(c1)NC(=O)C(C)(C(=O)Nc1nc(C)cs1)O2. The number of aryl methyl sites for hydroxylation is 2. The zero-order valence-electron chi connectivity index (χ0n) is 12.4. The van der Waals surface area contributed by atoms with Crippen LogP contribution in [-0.2, 0) is 9.59 Å². The van der Waals surface area contributed by atoms with Crippen LogP contribution in [0.25, 0.3) is 0 Å². The van der Waals surface area contributed by atoms with E-state index < -0.39 is 17.4 Å². The van der Waals surface area contributed by atoms with Crippen molar-refractivity contribution in [3.8, 4) is 5.75 Å². The summed E-state index contributed by atoms with van der Waals surface area (Å²) in [7, 11) is 0. The molecular formula is C15H15N3O3S. The van der Waals surface area contributed by atoms with Crippen molar-refractivity contribution < 1.29 is 14.3 Å². The van der Waals surface area contributed by atoms with E-state index in [1.165, 1.54) is 18.3 Å². The lowest BCUT2D eigenvalue weighted by Gasteiger charge is -2.33. The minimum atomic E-state index is -1.64. The number of thiazole rings is 1. The predicted molar refractivity (Wildman–Crippen MR) is 84.3 cm³/mol. The molecule has 7 heteroatoms. The zero-order chi connectivity index (χ0) is 15.9. The molecule has 0 aliphatic carbocycles. The number of rotatable bonds is 2. The van der Waals surface area contributed by atoms with E-state index in [4.69, 9.17) is 4.74 Å². The van der Waals surface area contributed by atoms with E-state index in [9.17, 15) is 9.59 Å². The Morgan fingerprint density at radius 1 is 1.41 bits per heavy atom. The van der Waals surface area contributed by atoms with E-state index >= 15 is 0 Å². The molecule has 2 heterocycles. The molecule has 1 atom stereocenters. The number of aromatic nitrogens is 1. The molecule has 2 aromatic rings. The average molecular weight is 317 g/mol. The number of fused-ring (bicyclic) bond motifs is 1. The number of hydrogen-bond acceptors (Lipinski definition) is 5. The Balaban J connectivity index is 1.87. The number of anilines is 2. The van der Waals surface area contributed by atoms with Crippen molar-refractivity contribution in [1.82, 2.24) is 4.98 Å². The Labute approximate surface area is 131 Å². The highest BCUT2D eigenvalue weighted by Crippen LogP contribution is 2.34. The fourth-order valence-corrected chi connectivity index (χ4v) is 2.80. The first-order chi connectivity index (χ1) is 10.4. The second-order valence-corrected chi connectivity index (χ2v) is 6.20. The molecule has 3 rings (SSSR count). The molecule has 2 N–H and O–H groups in total. The van der Waals surface area contributed by atoms with E-state index in [1.54, 1.807) is 12.1 Å². The molecule has 1 aliphatic heterocycles. The summed E-state index contributed by atoms with van der Waals surface area (Å²) in [5.41, 5.74) is 0.733. The van der Waals surface area contributed by atoms with Crippen LogP contribution in [0, 0.1) is 13.8 Å². The number of carbonyl (C=O) groups excluding carboxylic acids is 2. The quantitative estimate of drug-likeness (QED) is 0.834. The monoisotopic (exact) mass is 317 g/mol. The van der Waals surface area contributed by atoms with Crippen molar-refractivity contribution in [3.63, 3.8) is 0 Å². The number of benzene rings is 1. The number of nitrogens with zero attached hydrogens (tertiary/aromatic N) is 1. The lowest BCUT2D eigenvalue weighted by Crippen LogP contribution is -2.56. The molecule has 1 aromatic heterocycles. The van der Waals surface area contributed by atoms with Gasteiger partial charge in [-0.25, -0.2) is 4.98 Å². The van der Waals surface area contributed by atoms with E-state index in [1.807, 2.05) is 25.3 Å². The van der Waals surface area contributed by atoms with Crippen LogP contribution in [0.5, 0.6) is 5.75 Å². The molecule has 114 valence electrons. The first-order valence-corrected chi connectivity index (χ1v) is 7.61. The van der Waals surface area contributed by atoms with E-state index in [0.29, 0.717) is 16.6 Å². The Morgan fingerprint density at radius 3 is 2.86 bits per heavy atom. The van der Waals surface area contributed by atoms with Gasteiger partial charge in [-0.1, -0.05) is 6.07 Å². The minimum absolute atomic E-state index is 0.440. The fraction of sp³-hybridized carbons (Fsp3) is 0.267. The van der Waals surface area contributed by atoms with Gasteiger partial charge >= 0.3 is 0 Å². The highest BCUT2D eigenvalue weighted by molar-refractivity contribution is 7.13. The molecule has 0 bridgehead atoms. The normalized spacial score (nSPS) is 19.9. The van der Waals surface area contributed by atoms with Crippen molar-refractivity contribution in [1.29, 1.82) is 0 Å². The number of ether oxygens (including phenoxy) is 1. The summed E-state index contributed by atoms with van der Waals surface area (Å²) in [5, 5.41) is 7.61. The van der Waals surface area contributed by atoms with Gasteiger partial charge in [0.25, 0.3) is 17.4 Å². The van der Waals surface area contributed by atoms with Gasteiger partial charge in [0.2, 0.25) is 0 Å². The Hall–Kier alpha value is -2.41. The topological polar surface area (TPSA) is 80.3 Å². The fourth-order valence-electron chi connectivity index (χ4n) is 2.12. The van der Waals surface area contributed by atoms with Gasteiger partial charge in [0.05, 0.1) is 11.4 Å². The molecule has 0 saturated heterocycles. The molecule has 0 radical (unpaired) electrons. The maximum Gasteiger partial charge on any atom is 0.280 e. The standard InChI is InChI=1S/C15H15N3O3S/c1-8-4-5-11-10(6-8)17-12(19)15(3,21-11)13(20)18-14-16-9(2)7-22-14/h4-7H,1-3H3,(H,17,19)(H,16,18,20). The summed E-state index contributed by atoms with van der Waals surface area (Å²) < 4.78 is 5.68. The smallest absolute Gasteiger partial charge is 0.280 e. The third-order valence-electron chi connectivity index (χ3n) is 3.40.